The molecule has 0 bridgehead atoms. The number of imide groups is 1. The molecule has 2 aromatic carbocycles. The highest BCUT2D eigenvalue weighted by Gasteiger charge is 2.40. The molecule has 0 radical (unpaired) electrons. The van der Waals surface area contributed by atoms with E-state index in [1.54, 1.807) is 13.0 Å². The van der Waals surface area contributed by atoms with Gasteiger partial charge in [0.15, 0.2) is 5.65 Å². The van der Waals surface area contributed by atoms with Crippen LogP contribution in [0.2, 0.25) is 0 Å². The van der Waals surface area contributed by atoms with Crippen LogP contribution in [0.4, 0.5) is 23.2 Å². The number of aryl methyl sites for hydroxylation is 1. The van der Waals surface area contributed by atoms with Crippen LogP contribution < -0.4 is 9.64 Å². The van der Waals surface area contributed by atoms with E-state index in [-0.39, 0.29) is 33.5 Å². The number of aromatic nitrogens is 3. The molecule has 33 heavy (non-hydrogen) atoms. The fourth-order valence-electron chi connectivity index (χ4n) is 3.78. The highest BCUT2D eigenvalue weighted by Crippen LogP contribution is 2.35. The third-order valence-corrected chi connectivity index (χ3v) is 5.13. The number of pyridine rings is 1. The lowest BCUT2D eigenvalue weighted by Crippen LogP contribution is -2.29. The maximum Gasteiger partial charge on any atom is 0.573 e. The standard InChI is InChI=1S/C22H12F4N4O3/c1-11-17-18-14(10-27-19(17)30(28-11)16-5-3-2-4-15(16)23)20(31)29(21(18)32)12-6-8-13(9-7-12)33-22(24,25)26/h2-10H,1H3. The molecule has 1 aliphatic rings. The summed E-state index contributed by atoms with van der Waals surface area (Å²) in [5.74, 6) is -2.42. The molecule has 5 rings (SSSR count). The molecule has 0 fully saturated rings. The second kappa shape index (κ2) is 7.12. The Labute approximate surface area is 182 Å². The lowest BCUT2D eigenvalue weighted by atomic mass is 10.1. The van der Waals surface area contributed by atoms with Gasteiger partial charge >= 0.3 is 6.36 Å². The monoisotopic (exact) mass is 456 g/mol. The van der Waals surface area contributed by atoms with E-state index in [1.807, 2.05) is 0 Å². The van der Waals surface area contributed by atoms with E-state index >= 15 is 0 Å². The second-order valence-electron chi connectivity index (χ2n) is 7.18. The number of ether oxygens (including phenoxy) is 1. The highest BCUT2D eigenvalue weighted by atomic mass is 19.4. The van der Waals surface area contributed by atoms with Crippen LogP contribution in [0.15, 0.2) is 54.7 Å². The van der Waals surface area contributed by atoms with Crippen LogP contribution in [0.1, 0.15) is 26.4 Å². The Hall–Kier alpha value is -4.28. The van der Waals surface area contributed by atoms with Gasteiger partial charge in [-0.15, -0.1) is 13.2 Å². The summed E-state index contributed by atoms with van der Waals surface area (Å²) in [7, 11) is 0. The predicted molar refractivity (Wildman–Crippen MR) is 108 cm³/mol. The minimum Gasteiger partial charge on any atom is -0.406 e. The Morgan fingerprint density at radius 1 is 0.970 bits per heavy atom. The number of rotatable bonds is 3. The first-order chi connectivity index (χ1) is 15.7. The van der Waals surface area contributed by atoms with Crippen molar-refractivity contribution in [3.8, 4) is 11.4 Å². The molecule has 0 atom stereocenters. The van der Waals surface area contributed by atoms with Gasteiger partial charge in [0.25, 0.3) is 11.8 Å². The van der Waals surface area contributed by atoms with Crippen molar-refractivity contribution in [1.29, 1.82) is 0 Å². The average molecular weight is 456 g/mol. The number of benzene rings is 2. The third kappa shape index (κ3) is 3.28. The molecule has 0 saturated carbocycles. The summed E-state index contributed by atoms with van der Waals surface area (Å²) < 4.78 is 56.6. The lowest BCUT2D eigenvalue weighted by Gasteiger charge is -2.15. The number of hydrogen-bond acceptors (Lipinski definition) is 5. The number of carbonyl (C=O) groups is 2. The number of alkyl halides is 3. The summed E-state index contributed by atoms with van der Waals surface area (Å²) >= 11 is 0. The zero-order valence-corrected chi connectivity index (χ0v) is 16.7. The van der Waals surface area contributed by atoms with Crippen LogP contribution >= 0.6 is 0 Å². The first-order valence-electron chi connectivity index (χ1n) is 9.53. The maximum atomic E-state index is 14.3. The van der Waals surface area contributed by atoms with E-state index in [9.17, 15) is 27.2 Å². The van der Waals surface area contributed by atoms with Crippen molar-refractivity contribution in [2.45, 2.75) is 13.3 Å². The van der Waals surface area contributed by atoms with Gasteiger partial charge in [-0.1, -0.05) is 12.1 Å². The largest absolute Gasteiger partial charge is 0.573 e. The van der Waals surface area contributed by atoms with Gasteiger partial charge in [-0.05, 0) is 43.3 Å². The zero-order chi connectivity index (χ0) is 23.5. The van der Waals surface area contributed by atoms with Crippen molar-refractivity contribution in [2.24, 2.45) is 0 Å². The second-order valence-corrected chi connectivity index (χ2v) is 7.18. The van der Waals surface area contributed by atoms with Crippen molar-refractivity contribution in [2.75, 3.05) is 4.90 Å². The van der Waals surface area contributed by atoms with Gasteiger partial charge in [0.2, 0.25) is 0 Å². The topological polar surface area (TPSA) is 77.3 Å². The molecule has 0 saturated heterocycles. The van der Waals surface area contributed by atoms with Crippen molar-refractivity contribution in [3.05, 3.63) is 77.4 Å². The van der Waals surface area contributed by atoms with Gasteiger partial charge in [0, 0.05) is 6.20 Å². The Balaban J connectivity index is 1.59. The summed E-state index contributed by atoms with van der Waals surface area (Å²) in [4.78, 5) is 31.3. The maximum absolute atomic E-state index is 14.3. The number of amides is 2. The van der Waals surface area contributed by atoms with Crippen LogP contribution in [0, 0.1) is 12.7 Å². The summed E-state index contributed by atoms with van der Waals surface area (Å²) in [6.45, 7) is 1.60. The van der Waals surface area contributed by atoms with Gasteiger partial charge in [0.05, 0.1) is 27.9 Å². The number of carbonyl (C=O) groups excluding carboxylic acids is 2. The number of para-hydroxylation sites is 1. The smallest absolute Gasteiger partial charge is 0.406 e. The molecular weight excluding hydrogens is 444 g/mol. The third-order valence-electron chi connectivity index (χ3n) is 5.13. The molecule has 2 amide bonds. The summed E-state index contributed by atoms with van der Waals surface area (Å²) in [6, 6.07) is 10.2. The SMILES string of the molecule is Cc1nn(-c2ccccc2F)c2ncc3c(c12)C(=O)N(c1ccc(OC(F)(F)F)cc1)C3=O. The van der Waals surface area contributed by atoms with Crippen LogP contribution in [0.5, 0.6) is 5.75 Å². The molecule has 3 heterocycles. The number of halogens is 4. The van der Waals surface area contributed by atoms with Crippen molar-refractivity contribution in [1.82, 2.24) is 14.8 Å². The Morgan fingerprint density at radius 2 is 1.67 bits per heavy atom. The van der Waals surface area contributed by atoms with Crippen LogP contribution in [-0.4, -0.2) is 32.9 Å². The van der Waals surface area contributed by atoms with Crippen LogP contribution in [0.25, 0.3) is 16.7 Å². The Morgan fingerprint density at radius 3 is 2.33 bits per heavy atom. The highest BCUT2D eigenvalue weighted by molar-refractivity contribution is 6.37. The van der Waals surface area contributed by atoms with Gasteiger partial charge in [-0.2, -0.15) is 5.10 Å². The first-order valence-corrected chi connectivity index (χ1v) is 9.53. The Kier molecular flexibility index (Phi) is 4.45. The fraction of sp³-hybridized carbons (Fsp3) is 0.0909. The minimum absolute atomic E-state index is 0.0132. The normalized spacial score (nSPS) is 13.7. The van der Waals surface area contributed by atoms with Crippen molar-refractivity contribution in [3.63, 3.8) is 0 Å². The quantitative estimate of drug-likeness (QED) is 0.334. The molecule has 4 aromatic rings. The molecule has 0 spiro atoms. The summed E-state index contributed by atoms with van der Waals surface area (Å²) in [5.41, 5.74) is 0.780. The first kappa shape index (κ1) is 20.6. The van der Waals surface area contributed by atoms with E-state index in [4.69, 9.17) is 0 Å². The van der Waals surface area contributed by atoms with E-state index in [0.717, 1.165) is 17.0 Å². The molecule has 0 aliphatic carbocycles. The van der Waals surface area contributed by atoms with Gasteiger partial charge < -0.3 is 4.74 Å². The number of fused-ring (bicyclic) bond motifs is 3. The number of nitrogens with zero attached hydrogens (tertiary/aromatic N) is 4. The van der Waals surface area contributed by atoms with Crippen molar-refractivity contribution >= 4 is 28.5 Å². The van der Waals surface area contributed by atoms with Crippen LogP contribution in [-0.2, 0) is 0 Å². The molecule has 7 nitrogen and oxygen atoms in total. The number of anilines is 1. The van der Waals surface area contributed by atoms with Crippen molar-refractivity contribution < 1.29 is 31.9 Å². The fourth-order valence-corrected chi connectivity index (χ4v) is 3.78. The molecule has 2 aromatic heterocycles. The van der Waals surface area contributed by atoms with E-state index in [0.29, 0.717) is 5.69 Å². The predicted octanol–water partition coefficient (Wildman–Crippen LogP) is 4.57. The summed E-state index contributed by atoms with van der Waals surface area (Å²) in [5, 5.41) is 4.60. The molecular formula is C22H12F4N4O3. The van der Waals surface area contributed by atoms with Crippen LogP contribution in [0.3, 0.4) is 0 Å². The van der Waals surface area contributed by atoms with Gasteiger partial charge in [-0.3, -0.25) is 9.59 Å². The minimum atomic E-state index is -4.87. The Bertz CT molecular complexity index is 1440. The molecule has 0 unspecified atom stereocenters. The van der Waals surface area contributed by atoms with E-state index in [2.05, 4.69) is 14.8 Å². The van der Waals surface area contributed by atoms with E-state index < -0.39 is 29.7 Å². The molecule has 0 N–H and O–H groups in total. The average Bonchev–Trinajstić information content (AvgIpc) is 3.22. The van der Waals surface area contributed by atoms with E-state index in [1.165, 1.54) is 41.2 Å². The lowest BCUT2D eigenvalue weighted by molar-refractivity contribution is -0.274. The molecule has 11 heteroatoms. The number of hydrogen-bond donors (Lipinski definition) is 0. The molecule has 166 valence electrons. The molecule has 1 aliphatic heterocycles. The zero-order valence-electron chi connectivity index (χ0n) is 16.7. The van der Waals surface area contributed by atoms with Gasteiger partial charge in [-0.25, -0.2) is 19.0 Å². The summed E-state index contributed by atoms with van der Waals surface area (Å²) in [6.07, 6.45) is -3.66. The van der Waals surface area contributed by atoms with Gasteiger partial charge in [0.1, 0.15) is 17.3 Å².